The minimum absolute atomic E-state index is 0.117. The van der Waals surface area contributed by atoms with Gasteiger partial charge in [0.2, 0.25) is 0 Å². The number of esters is 1. The third kappa shape index (κ3) is 3.18. The van der Waals surface area contributed by atoms with E-state index in [0.29, 0.717) is 16.5 Å². The Balaban J connectivity index is 1.78. The fraction of sp³-hybridized carbons (Fsp3) is 0.0588. The summed E-state index contributed by atoms with van der Waals surface area (Å²) in [7, 11) is 0. The fourth-order valence-electron chi connectivity index (χ4n) is 1.96. The largest absolute Gasteiger partial charge is 0.422 e. The third-order valence-electron chi connectivity index (χ3n) is 3.05. The normalized spacial score (nSPS) is 10.5. The summed E-state index contributed by atoms with van der Waals surface area (Å²) in [6, 6.07) is 15.8. The number of carbonyl (C=O) groups excluding carboxylic acids is 1. The molecule has 3 aromatic rings. The highest BCUT2D eigenvalue weighted by atomic mass is 35.5. The maximum absolute atomic E-state index is 12.1. The van der Waals surface area contributed by atoms with Crippen LogP contribution in [0.25, 0.3) is 11.3 Å². The number of benzene rings is 2. The lowest BCUT2D eigenvalue weighted by Gasteiger charge is -2.02. The third-order valence-corrected chi connectivity index (χ3v) is 3.30. The number of hydrogen-bond donors (Lipinski definition) is 0. The van der Waals surface area contributed by atoms with Crippen molar-refractivity contribution in [2.45, 2.75) is 6.92 Å². The summed E-state index contributed by atoms with van der Waals surface area (Å²) in [5.74, 6) is 0.392. The predicted molar refractivity (Wildman–Crippen MR) is 83.1 cm³/mol. The highest BCUT2D eigenvalue weighted by Crippen LogP contribution is 2.23. The summed E-state index contributed by atoms with van der Waals surface area (Å²) >= 11 is 5.84. The molecule has 0 atom stereocenters. The van der Waals surface area contributed by atoms with Crippen molar-refractivity contribution >= 4 is 17.6 Å². The molecule has 0 unspecified atom stereocenters. The molecule has 0 aliphatic carbocycles. The van der Waals surface area contributed by atoms with E-state index in [-0.39, 0.29) is 5.69 Å². The molecule has 22 heavy (non-hydrogen) atoms. The van der Waals surface area contributed by atoms with E-state index >= 15 is 0 Å². The molecule has 0 saturated heterocycles. The van der Waals surface area contributed by atoms with Crippen molar-refractivity contribution in [3.63, 3.8) is 0 Å². The first-order chi connectivity index (χ1) is 10.6. The van der Waals surface area contributed by atoms with Crippen molar-refractivity contribution in [2.75, 3.05) is 0 Å². The highest BCUT2D eigenvalue weighted by molar-refractivity contribution is 6.30. The Morgan fingerprint density at radius 2 is 1.91 bits per heavy atom. The molecule has 2 aromatic carbocycles. The minimum atomic E-state index is -0.561. The first-order valence-corrected chi connectivity index (χ1v) is 7.01. The molecule has 4 nitrogen and oxygen atoms in total. The summed E-state index contributed by atoms with van der Waals surface area (Å²) in [4.78, 5) is 12.1. The Labute approximate surface area is 132 Å². The van der Waals surface area contributed by atoms with Crippen LogP contribution < -0.4 is 4.74 Å². The van der Waals surface area contributed by atoms with Crippen molar-refractivity contribution in [1.82, 2.24) is 5.16 Å². The summed E-state index contributed by atoms with van der Waals surface area (Å²) in [6.07, 6.45) is 0. The molecule has 0 bridgehead atoms. The number of aromatic nitrogens is 1. The average molecular weight is 314 g/mol. The standard InChI is InChI=1S/C17H12ClNO3/c1-11-3-2-4-14(9-11)21-17(20)15-10-16(22-19-15)12-5-7-13(18)8-6-12/h2-10H,1H3. The second-order valence-corrected chi connectivity index (χ2v) is 5.23. The topological polar surface area (TPSA) is 52.3 Å². The van der Waals surface area contributed by atoms with Crippen molar-refractivity contribution in [1.29, 1.82) is 0 Å². The molecule has 0 spiro atoms. The Morgan fingerprint density at radius 3 is 2.64 bits per heavy atom. The van der Waals surface area contributed by atoms with Crippen LogP contribution >= 0.6 is 11.6 Å². The van der Waals surface area contributed by atoms with E-state index in [2.05, 4.69) is 5.16 Å². The van der Waals surface area contributed by atoms with E-state index in [4.69, 9.17) is 20.9 Å². The number of ether oxygens (including phenoxy) is 1. The van der Waals surface area contributed by atoms with Crippen molar-refractivity contribution in [3.8, 4) is 17.1 Å². The molecule has 0 aliphatic rings. The quantitative estimate of drug-likeness (QED) is 0.527. The van der Waals surface area contributed by atoms with Gasteiger partial charge in [-0.05, 0) is 48.9 Å². The Hall–Kier alpha value is -2.59. The second kappa shape index (κ2) is 6.03. The van der Waals surface area contributed by atoms with Gasteiger partial charge in [-0.1, -0.05) is 28.9 Å². The average Bonchev–Trinajstić information content (AvgIpc) is 2.98. The first-order valence-electron chi connectivity index (χ1n) is 6.63. The molecule has 0 fully saturated rings. The molecular weight excluding hydrogens is 302 g/mol. The van der Waals surface area contributed by atoms with Gasteiger partial charge in [0.15, 0.2) is 11.5 Å². The van der Waals surface area contributed by atoms with Gasteiger partial charge in [0, 0.05) is 16.7 Å². The second-order valence-electron chi connectivity index (χ2n) is 4.79. The smallest absolute Gasteiger partial charge is 0.365 e. The number of aryl methyl sites for hydroxylation is 1. The van der Waals surface area contributed by atoms with Crippen LogP contribution in [0.3, 0.4) is 0 Å². The van der Waals surface area contributed by atoms with Crippen molar-refractivity contribution in [2.24, 2.45) is 0 Å². The molecule has 0 saturated carbocycles. The zero-order valence-corrected chi connectivity index (χ0v) is 12.5. The fourth-order valence-corrected chi connectivity index (χ4v) is 2.09. The van der Waals surface area contributed by atoms with E-state index in [9.17, 15) is 4.79 Å². The molecule has 5 heteroatoms. The van der Waals surface area contributed by atoms with Gasteiger partial charge in [-0.25, -0.2) is 4.79 Å². The van der Waals surface area contributed by atoms with E-state index in [1.165, 1.54) is 0 Å². The van der Waals surface area contributed by atoms with Crippen molar-refractivity contribution in [3.05, 3.63) is 70.9 Å². The lowest BCUT2D eigenvalue weighted by Crippen LogP contribution is -2.08. The minimum Gasteiger partial charge on any atom is -0.422 e. The molecule has 110 valence electrons. The maximum Gasteiger partial charge on any atom is 0.365 e. The zero-order valence-electron chi connectivity index (χ0n) is 11.7. The number of halogens is 1. The molecule has 1 heterocycles. The SMILES string of the molecule is Cc1cccc(OC(=O)c2cc(-c3ccc(Cl)cc3)on2)c1. The van der Waals surface area contributed by atoms with Gasteiger partial charge in [-0.15, -0.1) is 0 Å². The van der Waals surface area contributed by atoms with Gasteiger partial charge in [0.1, 0.15) is 5.75 Å². The summed E-state index contributed by atoms with van der Waals surface area (Å²) in [6.45, 7) is 1.92. The molecule has 0 aliphatic heterocycles. The Bertz CT molecular complexity index is 809. The molecule has 0 radical (unpaired) electrons. The van der Waals surface area contributed by atoms with E-state index in [1.807, 2.05) is 19.1 Å². The van der Waals surface area contributed by atoms with Gasteiger partial charge in [-0.2, -0.15) is 0 Å². The first kappa shape index (κ1) is 14.4. The van der Waals surface area contributed by atoms with Crippen LogP contribution in [0.15, 0.2) is 59.1 Å². The van der Waals surface area contributed by atoms with E-state index in [1.54, 1.807) is 42.5 Å². The maximum atomic E-state index is 12.1. The van der Waals surface area contributed by atoms with Gasteiger partial charge in [-0.3, -0.25) is 0 Å². The van der Waals surface area contributed by atoms with Crippen LogP contribution in [0.2, 0.25) is 5.02 Å². The Morgan fingerprint density at radius 1 is 1.14 bits per heavy atom. The van der Waals surface area contributed by atoms with Crippen LogP contribution in [0.4, 0.5) is 0 Å². The van der Waals surface area contributed by atoms with Gasteiger partial charge in [0.05, 0.1) is 0 Å². The van der Waals surface area contributed by atoms with Crippen LogP contribution in [0.5, 0.6) is 5.75 Å². The van der Waals surface area contributed by atoms with E-state index in [0.717, 1.165) is 11.1 Å². The van der Waals surface area contributed by atoms with Crippen LogP contribution in [0.1, 0.15) is 16.1 Å². The van der Waals surface area contributed by atoms with Gasteiger partial charge in [0.25, 0.3) is 0 Å². The van der Waals surface area contributed by atoms with Crippen LogP contribution in [-0.4, -0.2) is 11.1 Å². The molecular formula is C17H12ClNO3. The van der Waals surface area contributed by atoms with Crippen molar-refractivity contribution < 1.29 is 14.1 Å². The number of rotatable bonds is 3. The Kier molecular flexibility index (Phi) is 3.94. The molecule has 3 rings (SSSR count). The number of nitrogens with zero attached hydrogens (tertiary/aromatic N) is 1. The summed E-state index contributed by atoms with van der Waals surface area (Å²) in [5, 5.41) is 4.38. The highest BCUT2D eigenvalue weighted by Gasteiger charge is 2.16. The number of carbonyl (C=O) groups is 1. The van der Waals surface area contributed by atoms with E-state index < -0.39 is 5.97 Å². The molecule has 0 amide bonds. The van der Waals surface area contributed by atoms with Crippen LogP contribution in [0, 0.1) is 6.92 Å². The summed E-state index contributed by atoms with van der Waals surface area (Å²) < 4.78 is 10.4. The molecule has 1 aromatic heterocycles. The summed E-state index contributed by atoms with van der Waals surface area (Å²) in [5.41, 5.74) is 1.91. The van der Waals surface area contributed by atoms with Crippen LogP contribution in [-0.2, 0) is 0 Å². The number of hydrogen-bond acceptors (Lipinski definition) is 4. The van der Waals surface area contributed by atoms with Gasteiger partial charge >= 0.3 is 5.97 Å². The lowest BCUT2D eigenvalue weighted by atomic mass is 10.1. The predicted octanol–water partition coefficient (Wildman–Crippen LogP) is 4.52. The molecule has 0 N–H and O–H groups in total. The zero-order chi connectivity index (χ0) is 15.5. The lowest BCUT2D eigenvalue weighted by molar-refractivity contribution is 0.0724. The monoisotopic (exact) mass is 313 g/mol. The van der Waals surface area contributed by atoms with Gasteiger partial charge < -0.3 is 9.26 Å².